The lowest BCUT2D eigenvalue weighted by Crippen LogP contribution is -2.41. The summed E-state index contributed by atoms with van der Waals surface area (Å²) in [5, 5.41) is 0. The van der Waals surface area contributed by atoms with Crippen LogP contribution in [0.5, 0.6) is 0 Å². The topological polar surface area (TPSA) is 58.9 Å². The molecular formula is C11H12N2O2. The first-order chi connectivity index (χ1) is 6.98. The van der Waals surface area contributed by atoms with Gasteiger partial charge in [0.2, 0.25) is 12.2 Å². The van der Waals surface area contributed by atoms with Crippen molar-refractivity contribution in [2.24, 2.45) is 15.4 Å². The lowest BCUT2D eigenvalue weighted by molar-refractivity contribution is 0.282. The fourth-order valence-corrected chi connectivity index (χ4v) is 1.50. The summed E-state index contributed by atoms with van der Waals surface area (Å²) in [6.07, 6.45) is 8.29. The predicted octanol–water partition coefficient (Wildman–Crippen LogP) is 1.90. The molecule has 0 saturated carbocycles. The molecule has 0 radical (unpaired) electrons. The third-order valence-electron chi connectivity index (χ3n) is 3.02. The molecule has 0 heterocycles. The third-order valence-corrected chi connectivity index (χ3v) is 3.02. The highest BCUT2D eigenvalue weighted by molar-refractivity contribution is 5.45. The first kappa shape index (κ1) is 11.3. The van der Waals surface area contributed by atoms with Crippen LogP contribution >= 0.6 is 0 Å². The highest BCUT2D eigenvalue weighted by Crippen LogP contribution is 2.44. The number of rotatable bonds is 2. The maximum absolute atomic E-state index is 10.4. The van der Waals surface area contributed by atoms with Crippen LogP contribution in [0.25, 0.3) is 0 Å². The van der Waals surface area contributed by atoms with Gasteiger partial charge in [0.15, 0.2) is 0 Å². The minimum absolute atomic E-state index is 0.531. The van der Waals surface area contributed by atoms with Gasteiger partial charge in [-0.05, 0) is 13.0 Å². The van der Waals surface area contributed by atoms with E-state index in [1.807, 2.05) is 13.8 Å². The van der Waals surface area contributed by atoms with Crippen molar-refractivity contribution in [3.8, 4) is 0 Å². The second kappa shape index (κ2) is 3.77. The van der Waals surface area contributed by atoms with Crippen LogP contribution in [0.1, 0.15) is 20.8 Å². The Morgan fingerprint density at radius 3 is 2.40 bits per heavy atom. The number of carbonyl (C=O) groups excluding carboxylic acids is 2. The molecule has 4 nitrogen and oxygen atoms in total. The molecule has 1 atom stereocenters. The number of nitrogens with zero attached hydrogens (tertiary/aromatic N) is 2. The Hall–Kier alpha value is -1.76. The van der Waals surface area contributed by atoms with Gasteiger partial charge < -0.3 is 0 Å². The van der Waals surface area contributed by atoms with Crippen molar-refractivity contribution < 1.29 is 9.59 Å². The van der Waals surface area contributed by atoms with Crippen LogP contribution in [0.4, 0.5) is 0 Å². The van der Waals surface area contributed by atoms with E-state index in [9.17, 15) is 9.59 Å². The number of aliphatic imine (C=N–C) groups is 2. The zero-order valence-electron chi connectivity index (χ0n) is 8.94. The molecule has 1 rings (SSSR count). The largest absolute Gasteiger partial charge is 0.240 e. The first-order valence-corrected chi connectivity index (χ1v) is 4.55. The van der Waals surface area contributed by atoms with E-state index in [2.05, 4.69) is 9.98 Å². The van der Waals surface area contributed by atoms with Crippen molar-refractivity contribution in [1.29, 1.82) is 0 Å². The summed E-state index contributed by atoms with van der Waals surface area (Å²) < 4.78 is 0. The molecule has 78 valence electrons. The minimum atomic E-state index is -0.723. The number of isocyanates is 2. The lowest BCUT2D eigenvalue weighted by Gasteiger charge is -2.39. The van der Waals surface area contributed by atoms with E-state index >= 15 is 0 Å². The molecule has 1 unspecified atom stereocenters. The van der Waals surface area contributed by atoms with Crippen LogP contribution in [0.15, 0.2) is 33.9 Å². The SMILES string of the molecule is CC1(N=C=O)C=CC=C(N=C=O)C1(C)C. The fraction of sp³-hybridized carbons (Fsp3) is 0.455. The molecule has 0 aromatic rings. The van der Waals surface area contributed by atoms with Crippen LogP contribution in [0.2, 0.25) is 0 Å². The Labute approximate surface area is 88.1 Å². The molecule has 0 bridgehead atoms. The Kier molecular flexibility index (Phi) is 2.85. The smallest absolute Gasteiger partial charge is 0.211 e. The Balaban J connectivity index is 3.31. The van der Waals surface area contributed by atoms with E-state index in [0.29, 0.717) is 5.70 Å². The Bertz CT molecular complexity index is 422. The molecule has 1 aliphatic carbocycles. The van der Waals surface area contributed by atoms with Gasteiger partial charge in [-0.3, -0.25) is 0 Å². The second-order valence-electron chi connectivity index (χ2n) is 4.09. The maximum Gasteiger partial charge on any atom is 0.240 e. The molecule has 0 spiro atoms. The maximum atomic E-state index is 10.4. The van der Waals surface area contributed by atoms with Crippen molar-refractivity contribution in [3.63, 3.8) is 0 Å². The number of hydrogen-bond acceptors (Lipinski definition) is 4. The predicted molar refractivity (Wildman–Crippen MR) is 55.7 cm³/mol. The van der Waals surface area contributed by atoms with Gasteiger partial charge in [0, 0.05) is 5.41 Å². The fourth-order valence-electron chi connectivity index (χ4n) is 1.50. The monoisotopic (exact) mass is 204 g/mol. The summed E-state index contributed by atoms with van der Waals surface area (Å²) in [6.45, 7) is 5.52. The molecule has 0 amide bonds. The minimum Gasteiger partial charge on any atom is -0.211 e. The zero-order chi connectivity index (χ0) is 11.5. The standard InChI is InChI=1S/C11H12N2O2/c1-10(2)9(12-7-14)5-4-6-11(10,3)13-8-15/h4-6H,1-3H3. The van der Waals surface area contributed by atoms with Crippen molar-refractivity contribution in [2.75, 3.05) is 0 Å². The highest BCUT2D eigenvalue weighted by Gasteiger charge is 2.44. The van der Waals surface area contributed by atoms with Gasteiger partial charge in [0.25, 0.3) is 0 Å². The summed E-state index contributed by atoms with van der Waals surface area (Å²) in [7, 11) is 0. The van der Waals surface area contributed by atoms with E-state index < -0.39 is 11.0 Å². The zero-order valence-corrected chi connectivity index (χ0v) is 8.94. The van der Waals surface area contributed by atoms with Gasteiger partial charge in [-0.25, -0.2) is 9.59 Å². The molecule has 0 aliphatic heterocycles. The van der Waals surface area contributed by atoms with Gasteiger partial charge >= 0.3 is 0 Å². The van der Waals surface area contributed by atoms with Crippen molar-refractivity contribution >= 4 is 12.2 Å². The first-order valence-electron chi connectivity index (χ1n) is 4.55. The highest BCUT2D eigenvalue weighted by atomic mass is 16.1. The quantitative estimate of drug-likeness (QED) is 0.509. The summed E-state index contributed by atoms with van der Waals surface area (Å²) in [5.41, 5.74) is -0.697. The molecule has 0 N–H and O–H groups in total. The van der Waals surface area contributed by atoms with Crippen LogP contribution in [0.3, 0.4) is 0 Å². The molecule has 0 aromatic heterocycles. The van der Waals surface area contributed by atoms with E-state index in [1.54, 1.807) is 31.2 Å². The lowest BCUT2D eigenvalue weighted by atomic mass is 9.69. The average Bonchev–Trinajstić information content (AvgIpc) is 2.15. The summed E-state index contributed by atoms with van der Waals surface area (Å²) in [4.78, 5) is 28.0. The molecule has 15 heavy (non-hydrogen) atoms. The summed E-state index contributed by atoms with van der Waals surface area (Å²) >= 11 is 0. The van der Waals surface area contributed by atoms with Gasteiger partial charge in [-0.15, -0.1) is 0 Å². The van der Waals surface area contributed by atoms with E-state index in [-0.39, 0.29) is 0 Å². The van der Waals surface area contributed by atoms with Gasteiger partial charge in [0.05, 0.1) is 11.2 Å². The molecule has 0 aromatic carbocycles. The molecule has 4 heteroatoms. The Morgan fingerprint density at radius 1 is 1.20 bits per heavy atom. The van der Waals surface area contributed by atoms with E-state index in [4.69, 9.17) is 0 Å². The Morgan fingerprint density at radius 2 is 1.87 bits per heavy atom. The van der Waals surface area contributed by atoms with Gasteiger partial charge in [0.1, 0.15) is 0 Å². The van der Waals surface area contributed by atoms with Crippen molar-refractivity contribution in [1.82, 2.24) is 0 Å². The van der Waals surface area contributed by atoms with Gasteiger partial charge in [-0.2, -0.15) is 9.98 Å². The molecule has 0 saturated heterocycles. The van der Waals surface area contributed by atoms with Crippen molar-refractivity contribution in [3.05, 3.63) is 23.9 Å². The van der Waals surface area contributed by atoms with Crippen LogP contribution < -0.4 is 0 Å². The van der Waals surface area contributed by atoms with Crippen LogP contribution in [-0.2, 0) is 9.59 Å². The van der Waals surface area contributed by atoms with Crippen LogP contribution in [-0.4, -0.2) is 17.7 Å². The third kappa shape index (κ3) is 1.73. The normalized spacial score (nSPS) is 27.3. The van der Waals surface area contributed by atoms with E-state index in [1.165, 1.54) is 6.08 Å². The second-order valence-corrected chi connectivity index (χ2v) is 4.09. The van der Waals surface area contributed by atoms with Crippen molar-refractivity contribution in [2.45, 2.75) is 26.3 Å². The summed E-state index contributed by atoms with van der Waals surface area (Å²) in [5.74, 6) is 0. The number of allylic oxidation sites excluding steroid dienone is 2. The number of hydrogen-bond donors (Lipinski definition) is 0. The van der Waals surface area contributed by atoms with E-state index in [0.717, 1.165) is 0 Å². The molecule has 1 aliphatic rings. The van der Waals surface area contributed by atoms with Crippen LogP contribution in [0, 0.1) is 5.41 Å². The average molecular weight is 204 g/mol. The molecular weight excluding hydrogens is 192 g/mol. The summed E-state index contributed by atoms with van der Waals surface area (Å²) in [6, 6.07) is 0. The van der Waals surface area contributed by atoms with Gasteiger partial charge in [-0.1, -0.05) is 26.0 Å². The molecule has 0 fully saturated rings.